The number of ether oxygens (including phenoxy) is 1. The van der Waals surface area contributed by atoms with Crippen LogP contribution in [0.5, 0.6) is 0 Å². The predicted octanol–water partition coefficient (Wildman–Crippen LogP) is 7.30. The van der Waals surface area contributed by atoms with Gasteiger partial charge in [-0.25, -0.2) is 0 Å². The maximum Gasteiger partial charge on any atom is 0.0842 e. The van der Waals surface area contributed by atoms with Gasteiger partial charge < -0.3 is 4.74 Å². The molecule has 136 valence electrons. The zero-order valence-electron chi connectivity index (χ0n) is 16.4. The van der Waals surface area contributed by atoms with Crippen LogP contribution in [0.2, 0.25) is 19.6 Å². The van der Waals surface area contributed by atoms with Gasteiger partial charge in [0.1, 0.15) is 0 Å². The molecule has 1 nitrogen and oxygen atoms in total. The Morgan fingerprint density at radius 3 is 2.40 bits per heavy atom. The molecule has 0 N–H and O–H groups in total. The zero-order chi connectivity index (χ0) is 18.3. The second kappa shape index (κ2) is 9.35. The Balaban J connectivity index is 2.25. The van der Waals surface area contributed by atoms with E-state index in [9.17, 15) is 0 Å². The number of hydrogen-bond acceptors (Lipinski definition) is 1. The van der Waals surface area contributed by atoms with Crippen molar-refractivity contribution in [2.75, 3.05) is 0 Å². The predicted molar refractivity (Wildman–Crippen MR) is 114 cm³/mol. The maximum absolute atomic E-state index is 6.73. The lowest BCUT2D eigenvalue weighted by Gasteiger charge is -2.33. The van der Waals surface area contributed by atoms with Gasteiger partial charge in [-0.1, -0.05) is 88.3 Å². The van der Waals surface area contributed by atoms with E-state index in [4.69, 9.17) is 4.74 Å². The number of fused-ring (bicyclic) bond motifs is 1. The molecule has 0 amide bonds. The van der Waals surface area contributed by atoms with E-state index in [0.29, 0.717) is 0 Å². The first-order valence-electron chi connectivity index (χ1n) is 9.70. The molecule has 0 aliphatic rings. The van der Waals surface area contributed by atoms with E-state index in [1.807, 2.05) is 6.08 Å². The van der Waals surface area contributed by atoms with Gasteiger partial charge in [-0.2, -0.15) is 0 Å². The van der Waals surface area contributed by atoms with Crippen molar-refractivity contribution in [3.63, 3.8) is 0 Å². The summed E-state index contributed by atoms with van der Waals surface area (Å²) in [5.74, 6) is 0. The minimum Gasteiger partial charge on any atom is -0.374 e. The van der Waals surface area contributed by atoms with E-state index in [2.05, 4.69) is 75.6 Å². The smallest absolute Gasteiger partial charge is 0.0842 e. The summed E-state index contributed by atoms with van der Waals surface area (Å²) >= 11 is 0. The Kier molecular flexibility index (Phi) is 7.46. The molecule has 0 aliphatic heterocycles. The first-order valence-corrected chi connectivity index (χ1v) is 13.3. The Bertz CT molecular complexity index is 671. The summed E-state index contributed by atoms with van der Waals surface area (Å²) in [6.07, 6.45) is 8.15. The molecule has 0 saturated heterocycles. The van der Waals surface area contributed by atoms with Crippen molar-refractivity contribution in [2.24, 2.45) is 0 Å². The van der Waals surface area contributed by atoms with Crippen molar-refractivity contribution in [1.82, 2.24) is 0 Å². The van der Waals surface area contributed by atoms with Crippen LogP contribution in [-0.2, 0) is 4.74 Å². The van der Waals surface area contributed by atoms with Gasteiger partial charge in [-0.3, -0.25) is 0 Å². The number of rotatable bonds is 10. The van der Waals surface area contributed by atoms with Crippen LogP contribution in [0.1, 0.15) is 50.3 Å². The molecule has 0 aliphatic carbocycles. The first-order chi connectivity index (χ1) is 12.0. The molecule has 2 rings (SSSR count). The molecule has 0 spiro atoms. The van der Waals surface area contributed by atoms with Crippen molar-refractivity contribution < 1.29 is 4.74 Å². The second-order valence-electron chi connectivity index (χ2n) is 8.13. The Morgan fingerprint density at radius 1 is 1.04 bits per heavy atom. The summed E-state index contributed by atoms with van der Waals surface area (Å²) in [5, 5.41) is 2.60. The van der Waals surface area contributed by atoms with Crippen molar-refractivity contribution >= 4 is 18.8 Å². The summed E-state index contributed by atoms with van der Waals surface area (Å²) < 4.78 is 6.73. The van der Waals surface area contributed by atoms with Crippen molar-refractivity contribution in [3.8, 4) is 0 Å². The molecule has 25 heavy (non-hydrogen) atoms. The summed E-state index contributed by atoms with van der Waals surface area (Å²) in [4.78, 5) is 0. The normalized spacial score (nSPS) is 14.4. The summed E-state index contributed by atoms with van der Waals surface area (Å²) in [5.41, 5.74) is 1.56. The van der Waals surface area contributed by atoms with E-state index in [1.165, 1.54) is 35.6 Å². The molecule has 0 saturated carbocycles. The third-order valence-electron chi connectivity index (χ3n) is 4.75. The molecular formula is C23H34OSi. The topological polar surface area (TPSA) is 9.23 Å². The van der Waals surface area contributed by atoms with Crippen LogP contribution < -0.4 is 0 Å². The molecule has 2 atom stereocenters. The van der Waals surface area contributed by atoms with Crippen LogP contribution >= 0.6 is 0 Å². The SMILES string of the molecule is C=CC[C@@H](CCCCC)O[C@H](c1ccc2ccccc2c1)[Si](C)(C)C. The monoisotopic (exact) mass is 354 g/mol. The Labute approximate surface area is 155 Å². The largest absolute Gasteiger partial charge is 0.374 e. The van der Waals surface area contributed by atoms with E-state index >= 15 is 0 Å². The Hall–Kier alpha value is -1.38. The molecule has 2 aromatic carbocycles. The van der Waals surface area contributed by atoms with Gasteiger partial charge in [-0.15, -0.1) is 6.58 Å². The standard InChI is InChI=1S/C23H34OSi/c1-6-8-9-15-22(12-7-2)24-23(25(3,4)5)21-17-16-19-13-10-11-14-20(19)18-21/h7,10-11,13-14,16-18,22-23H,2,6,8-9,12,15H2,1,3-5H3/t22-,23-/m0/s1. The highest BCUT2D eigenvalue weighted by Gasteiger charge is 2.31. The Morgan fingerprint density at radius 2 is 1.76 bits per heavy atom. The van der Waals surface area contributed by atoms with Crippen LogP contribution in [0.3, 0.4) is 0 Å². The fraction of sp³-hybridized carbons (Fsp3) is 0.478. The van der Waals surface area contributed by atoms with Crippen LogP contribution in [0, 0.1) is 0 Å². The van der Waals surface area contributed by atoms with Gasteiger partial charge in [0.15, 0.2) is 0 Å². The minimum absolute atomic E-state index is 0.226. The molecule has 0 unspecified atom stereocenters. The second-order valence-corrected chi connectivity index (χ2v) is 13.4. The third kappa shape index (κ3) is 5.83. The van der Waals surface area contributed by atoms with Gasteiger partial charge >= 0.3 is 0 Å². The third-order valence-corrected chi connectivity index (χ3v) is 6.79. The number of unbranched alkanes of at least 4 members (excludes halogenated alkanes) is 2. The van der Waals surface area contributed by atoms with E-state index in [-0.39, 0.29) is 11.8 Å². The highest BCUT2D eigenvalue weighted by Crippen LogP contribution is 2.33. The van der Waals surface area contributed by atoms with Gasteiger partial charge in [-0.05, 0) is 35.2 Å². The molecule has 2 heteroatoms. The lowest BCUT2D eigenvalue weighted by molar-refractivity contribution is 0.0195. The number of hydrogen-bond donors (Lipinski definition) is 0. The van der Waals surface area contributed by atoms with Gasteiger partial charge in [0, 0.05) is 0 Å². The molecule has 2 aromatic rings. The highest BCUT2D eigenvalue weighted by atomic mass is 28.3. The number of benzene rings is 2. The fourth-order valence-electron chi connectivity index (χ4n) is 3.40. The highest BCUT2D eigenvalue weighted by molar-refractivity contribution is 6.77. The molecule has 0 heterocycles. The summed E-state index contributed by atoms with van der Waals surface area (Å²) in [6, 6.07) is 15.4. The zero-order valence-corrected chi connectivity index (χ0v) is 17.4. The van der Waals surface area contributed by atoms with Crippen LogP contribution in [0.15, 0.2) is 55.1 Å². The maximum atomic E-state index is 6.73. The van der Waals surface area contributed by atoms with Crippen molar-refractivity contribution in [2.45, 2.75) is 70.5 Å². The van der Waals surface area contributed by atoms with Crippen LogP contribution in [0.25, 0.3) is 10.8 Å². The minimum atomic E-state index is -1.51. The van der Waals surface area contributed by atoms with Gasteiger partial charge in [0.2, 0.25) is 0 Å². The van der Waals surface area contributed by atoms with E-state index in [0.717, 1.165) is 12.8 Å². The van der Waals surface area contributed by atoms with Crippen LogP contribution in [-0.4, -0.2) is 14.2 Å². The summed E-state index contributed by atoms with van der Waals surface area (Å²) in [7, 11) is -1.51. The first kappa shape index (κ1) is 19.9. The van der Waals surface area contributed by atoms with Crippen molar-refractivity contribution in [1.29, 1.82) is 0 Å². The van der Waals surface area contributed by atoms with Crippen molar-refractivity contribution in [3.05, 3.63) is 60.7 Å². The molecule has 0 bridgehead atoms. The average molecular weight is 355 g/mol. The quantitative estimate of drug-likeness (QED) is 0.247. The van der Waals surface area contributed by atoms with Gasteiger partial charge in [0.05, 0.1) is 19.9 Å². The molecule has 0 radical (unpaired) electrons. The molecular weight excluding hydrogens is 320 g/mol. The molecule has 0 aromatic heterocycles. The lowest BCUT2D eigenvalue weighted by atomic mass is 10.1. The molecule has 0 fully saturated rings. The van der Waals surface area contributed by atoms with Crippen LogP contribution in [0.4, 0.5) is 0 Å². The van der Waals surface area contributed by atoms with E-state index in [1.54, 1.807) is 0 Å². The lowest BCUT2D eigenvalue weighted by Crippen LogP contribution is -2.35. The fourth-order valence-corrected chi connectivity index (χ4v) is 5.18. The average Bonchev–Trinajstić information content (AvgIpc) is 2.58. The van der Waals surface area contributed by atoms with Gasteiger partial charge in [0.25, 0.3) is 0 Å². The summed E-state index contributed by atoms with van der Waals surface area (Å²) in [6.45, 7) is 13.4. The van der Waals surface area contributed by atoms with E-state index < -0.39 is 8.07 Å².